The number of amides is 2. The molecule has 1 heterocycles. The molecule has 2 amide bonds. The molecule has 0 radical (unpaired) electrons. The summed E-state index contributed by atoms with van der Waals surface area (Å²) in [5, 5.41) is 9.07. The summed E-state index contributed by atoms with van der Waals surface area (Å²) in [4.78, 5) is 28.8. The van der Waals surface area contributed by atoms with Crippen LogP contribution in [0.2, 0.25) is 5.02 Å². The number of benzene rings is 2. The van der Waals surface area contributed by atoms with Crippen LogP contribution in [0.3, 0.4) is 0 Å². The summed E-state index contributed by atoms with van der Waals surface area (Å²) >= 11 is 7.31. The maximum atomic E-state index is 12.3. The van der Waals surface area contributed by atoms with Crippen LogP contribution in [0.4, 0.5) is 5.69 Å². The number of anilines is 1. The van der Waals surface area contributed by atoms with Gasteiger partial charge >= 0.3 is 0 Å². The smallest absolute Gasteiger partial charge is 0.251 e. The Morgan fingerprint density at radius 3 is 2.53 bits per heavy atom. The van der Waals surface area contributed by atoms with E-state index >= 15 is 0 Å². The summed E-state index contributed by atoms with van der Waals surface area (Å²) in [7, 11) is 0. The summed E-state index contributed by atoms with van der Waals surface area (Å²) in [6, 6.07) is 14.3. The van der Waals surface area contributed by atoms with E-state index < -0.39 is 0 Å². The van der Waals surface area contributed by atoms with Crippen LogP contribution in [0.25, 0.3) is 0 Å². The number of rotatable bonds is 8. The van der Waals surface area contributed by atoms with Crippen LogP contribution in [0, 0.1) is 0 Å². The van der Waals surface area contributed by atoms with Gasteiger partial charge in [0.25, 0.3) is 5.91 Å². The van der Waals surface area contributed by atoms with E-state index in [1.54, 1.807) is 48.5 Å². The van der Waals surface area contributed by atoms with E-state index in [-0.39, 0.29) is 18.2 Å². The van der Waals surface area contributed by atoms with Crippen molar-refractivity contribution in [3.8, 4) is 5.75 Å². The molecular weight excluding hydrogens is 422 g/mol. The minimum Gasteiger partial charge on any atom is -0.486 e. The molecular formula is C22H20ClN3O3S. The summed E-state index contributed by atoms with van der Waals surface area (Å²) in [6.45, 7) is 0.332. The van der Waals surface area contributed by atoms with E-state index in [0.29, 0.717) is 40.4 Å². The Bertz CT molecular complexity index is 1030. The molecule has 3 aromatic rings. The summed E-state index contributed by atoms with van der Waals surface area (Å²) in [5.74, 6) is 0.468. The van der Waals surface area contributed by atoms with Crippen molar-refractivity contribution >= 4 is 40.4 Å². The van der Waals surface area contributed by atoms with Gasteiger partial charge in [-0.05, 0) is 61.4 Å². The van der Waals surface area contributed by atoms with Crippen molar-refractivity contribution in [2.75, 3.05) is 5.32 Å². The van der Waals surface area contributed by atoms with Crippen LogP contribution in [0.1, 0.15) is 33.9 Å². The van der Waals surface area contributed by atoms with Gasteiger partial charge in [-0.2, -0.15) is 0 Å². The van der Waals surface area contributed by atoms with Crippen LogP contribution in [0.15, 0.2) is 53.9 Å². The summed E-state index contributed by atoms with van der Waals surface area (Å²) in [6.07, 6.45) is 2.26. The molecule has 0 saturated heterocycles. The van der Waals surface area contributed by atoms with Gasteiger partial charge in [0.15, 0.2) is 0 Å². The van der Waals surface area contributed by atoms with Crippen LogP contribution < -0.4 is 15.4 Å². The van der Waals surface area contributed by atoms with Gasteiger partial charge < -0.3 is 15.4 Å². The molecule has 4 rings (SSSR count). The van der Waals surface area contributed by atoms with Gasteiger partial charge in [-0.15, -0.1) is 11.3 Å². The lowest BCUT2D eigenvalue weighted by Gasteiger charge is -2.06. The molecule has 154 valence electrons. The molecule has 30 heavy (non-hydrogen) atoms. The molecule has 2 aromatic carbocycles. The van der Waals surface area contributed by atoms with Gasteiger partial charge in [0, 0.05) is 27.7 Å². The number of carbonyl (C=O) groups excluding carboxylic acids is 2. The maximum Gasteiger partial charge on any atom is 0.251 e. The number of halogens is 1. The van der Waals surface area contributed by atoms with E-state index in [1.165, 1.54) is 11.3 Å². The Hall–Kier alpha value is -2.90. The number of hydrogen-bond donors (Lipinski definition) is 2. The molecule has 0 atom stereocenters. The average molecular weight is 442 g/mol. The third kappa shape index (κ3) is 5.81. The third-order valence-corrected chi connectivity index (χ3v) is 5.58. The number of aromatic nitrogens is 1. The van der Waals surface area contributed by atoms with Crippen molar-refractivity contribution in [3.05, 3.63) is 75.2 Å². The molecule has 6 nitrogen and oxygen atoms in total. The van der Waals surface area contributed by atoms with E-state index in [0.717, 1.165) is 17.8 Å². The number of ether oxygens (including phenoxy) is 1. The van der Waals surface area contributed by atoms with Crippen molar-refractivity contribution in [1.29, 1.82) is 0 Å². The normalized spacial score (nSPS) is 13.0. The van der Waals surface area contributed by atoms with Gasteiger partial charge in [-0.25, -0.2) is 4.98 Å². The number of nitrogens with one attached hydrogen (secondary N) is 2. The second kappa shape index (κ2) is 9.28. The molecule has 0 spiro atoms. The zero-order valence-electron chi connectivity index (χ0n) is 16.1. The highest BCUT2D eigenvalue weighted by atomic mass is 35.5. The number of hydrogen-bond acceptors (Lipinski definition) is 5. The Balaban J connectivity index is 1.25. The van der Waals surface area contributed by atoms with E-state index in [1.807, 2.05) is 5.38 Å². The summed E-state index contributed by atoms with van der Waals surface area (Å²) < 4.78 is 5.68. The first-order chi connectivity index (χ1) is 14.5. The third-order valence-electron chi connectivity index (χ3n) is 4.46. The SMILES string of the molecule is O=C(Cc1csc(COc2ccc(Cl)cc2)n1)Nc1ccc(C(=O)NC2CC2)cc1. The fourth-order valence-corrected chi connectivity index (χ4v) is 3.57. The Morgan fingerprint density at radius 1 is 1.10 bits per heavy atom. The fourth-order valence-electron chi connectivity index (χ4n) is 2.74. The molecule has 1 aliphatic carbocycles. The molecule has 0 unspecified atom stereocenters. The van der Waals surface area contributed by atoms with Crippen molar-refractivity contribution in [2.45, 2.75) is 31.9 Å². The van der Waals surface area contributed by atoms with Crippen LogP contribution >= 0.6 is 22.9 Å². The monoisotopic (exact) mass is 441 g/mol. The number of carbonyl (C=O) groups is 2. The predicted molar refractivity (Wildman–Crippen MR) is 117 cm³/mol. The minimum absolute atomic E-state index is 0.0776. The maximum absolute atomic E-state index is 12.3. The second-order valence-electron chi connectivity index (χ2n) is 7.03. The largest absolute Gasteiger partial charge is 0.486 e. The molecule has 0 bridgehead atoms. The minimum atomic E-state index is -0.166. The molecule has 1 fully saturated rings. The first kappa shape index (κ1) is 20.4. The second-order valence-corrected chi connectivity index (χ2v) is 8.40. The predicted octanol–water partition coefficient (Wildman–Crippen LogP) is 4.45. The Labute approximate surface area is 183 Å². The highest BCUT2D eigenvalue weighted by molar-refractivity contribution is 7.09. The summed E-state index contributed by atoms with van der Waals surface area (Å²) in [5.41, 5.74) is 1.92. The molecule has 0 aliphatic heterocycles. The van der Waals surface area contributed by atoms with E-state index in [4.69, 9.17) is 16.3 Å². The standard InChI is InChI=1S/C22H20ClN3O3S/c23-15-3-9-19(10-4-15)29-12-21-25-18(13-30-21)11-20(27)24-16-5-1-14(2-6-16)22(28)26-17-7-8-17/h1-6,9-10,13,17H,7-8,11-12H2,(H,24,27)(H,26,28). The number of nitrogens with zero attached hydrogens (tertiary/aromatic N) is 1. The van der Waals surface area contributed by atoms with Crippen molar-refractivity contribution < 1.29 is 14.3 Å². The molecule has 1 aliphatic rings. The van der Waals surface area contributed by atoms with Gasteiger partial charge in [-0.3, -0.25) is 9.59 Å². The van der Waals surface area contributed by atoms with Crippen molar-refractivity contribution in [3.63, 3.8) is 0 Å². The van der Waals surface area contributed by atoms with Crippen LogP contribution in [-0.2, 0) is 17.8 Å². The molecule has 8 heteroatoms. The lowest BCUT2D eigenvalue weighted by Crippen LogP contribution is -2.25. The van der Waals surface area contributed by atoms with E-state index in [2.05, 4.69) is 15.6 Å². The van der Waals surface area contributed by atoms with Gasteiger partial charge in [-0.1, -0.05) is 11.6 Å². The zero-order chi connectivity index (χ0) is 20.9. The van der Waals surface area contributed by atoms with E-state index in [9.17, 15) is 9.59 Å². The molecule has 1 aromatic heterocycles. The molecule has 1 saturated carbocycles. The molecule has 2 N–H and O–H groups in total. The van der Waals surface area contributed by atoms with Crippen LogP contribution in [0.5, 0.6) is 5.75 Å². The lowest BCUT2D eigenvalue weighted by molar-refractivity contribution is -0.115. The lowest BCUT2D eigenvalue weighted by atomic mass is 10.2. The van der Waals surface area contributed by atoms with Crippen molar-refractivity contribution in [1.82, 2.24) is 10.3 Å². The quantitative estimate of drug-likeness (QED) is 0.541. The Morgan fingerprint density at radius 2 is 1.83 bits per heavy atom. The highest BCUT2D eigenvalue weighted by Gasteiger charge is 2.23. The fraction of sp³-hybridized carbons (Fsp3) is 0.227. The van der Waals surface area contributed by atoms with Gasteiger partial charge in [0.1, 0.15) is 17.4 Å². The Kier molecular flexibility index (Phi) is 6.30. The highest BCUT2D eigenvalue weighted by Crippen LogP contribution is 2.20. The van der Waals surface area contributed by atoms with Crippen LogP contribution in [-0.4, -0.2) is 22.8 Å². The first-order valence-electron chi connectivity index (χ1n) is 9.57. The number of thiazole rings is 1. The first-order valence-corrected chi connectivity index (χ1v) is 10.8. The average Bonchev–Trinajstić information content (AvgIpc) is 3.44. The van der Waals surface area contributed by atoms with Crippen molar-refractivity contribution in [2.24, 2.45) is 0 Å². The zero-order valence-corrected chi connectivity index (χ0v) is 17.6. The van der Waals surface area contributed by atoms with Gasteiger partial charge in [0.05, 0.1) is 12.1 Å². The topological polar surface area (TPSA) is 80.3 Å². The van der Waals surface area contributed by atoms with Gasteiger partial charge in [0.2, 0.25) is 5.91 Å².